The molecule has 0 bridgehead atoms. The number of aromatic amines is 1. The summed E-state index contributed by atoms with van der Waals surface area (Å²) in [4.78, 5) is 25.5. The molecule has 148 valence electrons. The molecule has 1 saturated heterocycles. The summed E-state index contributed by atoms with van der Waals surface area (Å²) in [6, 6.07) is 7.25. The maximum atomic E-state index is 11.5. The average Bonchev–Trinajstić information content (AvgIpc) is 3.09. The fourth-order valence-corrected chi connectivity index (χ4v) is 3.52. The number of carbonyl (C=O) groups is 2. The Bertz CT molecular complexity index is 947. The minimum Gasteiger partial charge on any atom is -0.477 e. The van der Waals surface area contributed by atoms with Gasteiger partial charge in [0.1, 0.15) is 5.69 Å². The van der Waals surface area contributed by atoms with E-state index >= 15 is 0 Å². The van der Waals surface area contributed by atoms with Crippen LogP contribution in [0.1, 0.15) is 50.7 Å². The molecule has 1 aliphatic heterocycles. The molecule has 6 nitrogen and oxygen atoms in total. The molecule has 0 amide bonds. The molecule has 3 rings (SSSR count). The lowest BCUT2D eigenvalue weighted by Gasteiger charge is -2.32. The molecule has 28 heavy (non-hydrogen) atoms. The lowest BCUT2D eigenvalue weighted by atomic mass is 9.78. The molecule has 2 N–H and O–H groups in total. The number of aromatic carboxylic acids is 1. The summed E-state index contributed by atoms with van der Waals surface area (Å²) < 4.78 is 12.3. The van der Waals surface area contributed by atoms with Crippen LogP contribution in [0.3, 0.4) is 0 Å². The van der Waals surface area contributed by atoms with E-state index < -0.39 is 24.3 Å². The summed E-state index contributed by atoms with van der Waals surface area (Å²) in [5.41, 5.74) is 1.70. The number of carboxylic acids is 1. The number of aromatic nitrogens is 1. The second-order valence-electron chi connectivity index (χ2n) is 7.92. The number of fused-ring (bicyclic) bond motifs is 1. The summed E-state index contributed by atoms with van der Waals surface area (Å²) in [6.45, 7) is 9.49. The maximum Gasteiger partial charge on any atom is 0.491 e. The molecule has 1 fully saturated rings. The van der Waals surface area contributed by atoms with Crippen molar-refractivity contribution in [3.63, 3.8) is 0 Å². The summed E-state index contributed by atoms with van der Waals surface area (Å²) in [7, 11) is -0.548. The topological polar surface area (TPSA) is 88.6 Å². The molecule has 0 atom stereocenters. The molecular weight excluding hydrogens is 377 g/mol. The van der Waals surface area contributed by atoms with Crippen LogP contribution in [0.4, 0.5) is 0 Å². The Balaban J connectivity index is 1.95. The van der Waals surface area contributed by atoms with Crippen LogP contribution in [0.25, 0.3) is 17.0 Å². The first kappa shape index (κ1) is 20.7. The second-order valence-corrected chi connectivity index (χ2v) is 9.07. The average molecular weight is 401 g/mol. The third-order valence-corrected chi connectivity index (χ3v) is 6.11. The number of H-pyrrole nitrogens is 1. The van der Waals surface area contributed by atoms with Crippen LogP contribution >= 0.6 is 11.8 Å². The van der Waals surface area contributed by atoms with E-state index in [0.29, 0.717) is 5.75 Å². The molecule has 0 spiro atoms. The molecule has 2 heterocycles. The smallest absolute Gasteiger partial charge is 0.477 e. The van der Waals surface area contributed by atoms with Gasteiger partial charge in [-0.3, -0.25) is 4.79 Å². The predicted octanol–water partition coefficient (Wildman–Crippen LogP) is 4.16. The quantitative estimate of drug-likeness (QED) is 0.732. The van der Waals surface area contributed by atoms with E-state index in [1.54, 1.807) is 6.07 Å². The second kappa shape index (κ2) is 7.42. The summed E-state index contributed by atoms with van der Waals surface area (Å²) in [6.07, 6.45) is 1.95. The first-order valence-electron chi connectivity index (χ1n) is 9.04. The minimum absolute atomic E-state index is 0.0228. The van der Waals surface area contributed by atoms with Gasteiger partial charge in [0.2, 0.25) is 0 Å². The molecule has 1 aromatic carbocycles. The van der Waals surface area contributed by atoms with E-state index in [4.69, 9.17) is 14.4 Å². The molecule has 8 heteroatoms. The van der Waals surface area contributed by atoms with Gasteiger partial charge >= 0.3 is 13.1 Å². The highest BCUT2D eigenvalue weighted by Crippen LogP contribution is 2.39. The van der Waals surface area contributed by atoms with Crippen molar-refractivity contribution in [3.05, 3.63) is 41.0 Å². The summed E-state index contributed by atoms with van der Waals surface area (Å²) in [5.74, 6) is -0.540. The zero-order valence-corrected chi connectivity index (χ0v) is 17.5. The zero-order chi connectivity index (χ0) is 20.7. The van der Waals surface area contributed by atoms with E-state index in [-0.39, 0.29) is 10.8 Å². The summed E-state index contributed by atoms with van der Waals surface area (Å²) >= 11 is 1.21. The van der Waals surface area contributed by atoms with Gasteiger partial charge in [-0.15, -0.1) is 0 Å². The van der Waals surface area contributed by atoms with Crippen LogP contribution in [0, 0.1) is 0 Å². The van der Waals surface area contributed by atoms with Crippen LogP contribution in [-0.4, -0.2) is 45.2 Å². The minimum atomic E-state index is -0.996. The van der Waals surface area contributed by atoms with E-state index in [1.165, 1.54) is 18.7 Å². The highest BCUT2D eigenvalue weighted by molar-refractivity contribution is 8.13. The van der Waals surface area contributed by atoms with Crippen LogP contribution in [0.5, 0.6) is 0 Å². The van der Waals surface area contributed by atoms with Crippen LogP contribution in [0.15, 0.2) is 29.7 Å². The van der Waals surface area contributed by atoms with Crippen molar-refractivity contribution in [2.75, 3.05) is 5.75 Å². The number of thioether (sulfide) groups is 1. The fourth-order valence-electron chi connectivity index (χ4n) is 2.93. The third kappa shape index (κ3) is 4.19. The normalized spacial score (nSPS) is 18.6. The highest BCUT2D eigenvalue weighted by Gasteiger charge is 2.52. The van der Waals surface area contributed by atoms with Crippen molar-refractivity contribution >= 4 is 46.9 Å². The molecule has 0 radical (unpaired) electrons. The summed E-state index contributed by atoms with van der Waals surface area (Å²) in [5, 5.41) is 9.98. The van der Waals surface area contributed by atoms with Crippen LogP contribution in [0.2, 0.25) is 0 Å². The number of rotatable bonds is 5. The number of hydrogen-bond donors (Lipinski definition) is 2. The first-order chi connectivity index (χ1) is 13.0. The maximum absolute atomic E-state index is 11.5. The standard InChI is InChI=1S/C20H24BNO5S/c1-12(23)28-11-15(21-26-19(2,3)20(4,5)27-21)9-13-6-7-16-14(8-13)10-17(22-16)18(24)25/h6-10,22H,11H2,1-5H3,(H,24,25). The lowest BCUT2D eigenvalue weighted by molar-refractivity contribution is -0.109. The molecule has 1 aliphatic rings. The van der Waals surface area contributed by atoms with Gasteiger partial charge < -0.3 is 19.4 Å². The Labute approximate surface area is 168 Å². The van der Waals surface area contributed by atoms with Gasteiger partial charge in [0.15, 0.2) is 5.12 Å². The Morgan fingerprint density at radius 2 is 1.82 bits per heavy atom. The van der Waals surface area contributed by atoms with E-state index in [2.05, 4.69) is 4.98 Å². The fraction of sp³-hybridized carbons (Fsp3) is 0.400. The van der Waals surface area contributed by atoms with Crippen molar-refractivity contribution in [3.8, 4) is 0 Å². The van der Waals surface area contributed by atoms with E-state index in [0.717, 1.165) is 21.9 Å². The molecule has 0 unspecified atom stereocenters. The van der Waals surface area contributed by atoms with Gasteiger partial charge in [-0.25, -0.2) is 4.79 Å². The van der Waals surface area contributed by atoms with E-state index in [9.17, 15) is 9.59 Å². The van der Waals surface area contributed by atoms with Gasteiger partial charge in [0, 0.05) is 23.6 Å². The number of nitrogens with one attached hydrogen (secondary N) is 1. The zero-order valence-electron chi connectivity index (χ0n) is 16.7. The molecule has 1 aromatic heterocycles. The van der Waals surface area contributed by atoms with Gasteiger partial charge in [0.05, 0.1) is 11.2 Å². The number of carbonyl (C=O) groups excluding carboxylic acids is 1. The molecule has 0 aliphatic carbocycles. The Hall–Kier alpha value is -2.03. The SMILES string of the molecule is CC(=O)SCC(=Cc1ccc2[nH]c(C(=O)O)cc2c1)B1OC(C)(C)C(C)(C)O1. The Morgan fingerprint density at radius 3 is 2.39 bits per heavy atom. The molecule has 2 aromatic rings. The predicted molar refractivity (Wildman–Crippen MR) is 112 cm³/mol. The number of hydrogen-bond acceptors (Lipinski definition) is 5. The van der Waals surface area contributed by atoms with Crippen molar-refractivity contribution in [1.29, 1.82) is 0 Å². The Morgan fingerprint density at radius 1 is 1.18 bits per heavy atom. The van der Waals surface area contributed by atoms with Crippen molar-refractivity contribution < 1.29 is 24.0 Å². The van der Waals surface area contributed by atoms with Gasteiger partial charge in [0.25, 0.3) is 0 Å². The largest absolute Gasteiger partial charge is 0.491 e. The monoisotopic (exact) mass is 401 g/mol. The van der Waals surface area contributed by atoms with Gasteiger partial charge in [-0.1, -0.05) is 23.9 Å². The lowest BCUT2D eigenvalue weighted by Crippen LogP contribution is -2.41. The molecule has 0 saturated carbocycles. The van der Waals surface area contributed by atoms with Gasteiger partial charge in [-0.05, 0) is 56.9 Å². The highest BCUT2D eigenvalue weighted by atomic mass is 32.2. The van der Waals surface area contributed by atoms with E-state index in [1.807, 2.05) is 52.0 Å². The van der Waals surface area contributed by atoms with Crippen LogP contribution in [-0.2, 0) is 14.1 Å². The number of benzene rings is 1. The third-order valence-electron chi connectivity index (χ3n) is 5.23. The molecular formula is C20H24BNO5S. The van der Waals surface area contributed by atoms with Crippen molar-refractivity contribution in [2.45, 2.75) is 45.8 Å². The number of carboxylic acid groups (broad SMARTS) is 1. The first-order valence-corrected chi connectivity index (χ1v) is 10.0. The van der Waals surface area contributed by atoms with Crippen molar-refractivity contribution in [2.24, 2.45) is 0 Å². The van der Waals surface area contributed by atoms with Gasteiger partial charge in [-0.2, -0.15) is 0 Å². The van der Waals surface area contributed by atoms with Crippen LogP contribution < -0.4 is 0 Å². The van der Waals surface area contributed by atoms with Crippen molar-refractivity contribution in [1.82, 2.24) is 4.98 Å². The Kier molecular flexibility index (Phi) is 5.49.